The quantitative estimate of drug-likeness (QED) is 0.765. The first-order chi connectivity index (χ1) is 12.1. The van der Waals surface area contributed by atoms with Crippen molar-refractivity contribution in [3.8, 4) is 0 Å². The first-order valence-corrected chi connectivity index (χ1v) is 9.02. The molecule has 1 aliphatic rings. The average Bonchev–Trinajstić information content (AvgIpc) is 3.45. The van der Waals surface area contributed by atoms with E-state index in [0.717, 1.165) is 17.5 Å². The number of pyridine rings is 1. The van der Waals surface area contributed by atoms with E-state index in [9.17, 15) is 4.79 Å². The number of aldehydes is 1. The maximum Gasteiger partial charge on any atom is 0.139 e. The zero-order chi connectivity index (χ0) is 18.7. The first kappa shape index (κ1) is 21.1. The summed E-state index contributed by atoms with van der Waals surface area (Å²) in [4.78, 5) is 14.1. The molecule has 4 nitrogen and oxygen atoms in total. The van der Waals surface area contributed by atoms with Gasteiger partial charge in [-0.15, -0.1) is 0 Å². The smallest absolute Gasteiger partial charge is 0.139 e. The number of aromatic nitrogens is 1. The third-order valence-corrected chi connectivity index (χ3v) is 4.26. The number of carbonyl (C=O) groups is 1. The van der Waals surface area contributed by atoms with Crippen LogP contribution in [-0.4, -0.2) is 24.9 Å². The van der Waals surface area contributed by atoms with Gasteiger partial charge in [0.2, 0.25) is 0 Å². The highest BCUT2D eigenvalue weighted by atomic mass is 35.5. The number of nitrogens with one attached hydrogen (secondary N) is 2. The molecular weight excluding hydrogens is 334 g/mol. The molecule has 0 spiro atoms. The van der Waals surface area contributed by atoms with Crippen molar-refractivity contribution in [1.82, 2.24) is 10.3 Å². The predicted octanol–water partition coefficient (Wildman–Crippen LogP) is 4.58. The number of carbonyl (C=O) groups excluding carboxylic acids is 1. The van der Waals surface area contributed by atoms with Gasteiger partial charge in [-0.2, -0.15) is 0 Å². The molecule has 5 heteroatoms. The molecule has 1 saturated carbocycles. The molecule has 3 rings (SSSR count). The van der Waals surface area contributed by atoms with Gasteiger partial charge in [-0.1, -0.05) is 25.4 Å². The topological polar surface area (TPSA) is 54.0 Å². The van der Waals surface area contributed by atoms with E-state index in [1.54, 1.807) is 6.07 Å². The molecule has 1 fully saturated rings. The Bertz CT molecular complexity index is 643. The lowest BCUT2D eigenvalue weighted by atomic mass is 10.1. The van der Waals surface area contributed by atoms with Crippen molar-refractivity contribution in [2.45, 2.75) is 39.2 Å². The number of hydrogen-bond acceptors (Lipinski definition) is 4. The van der Waals surface area contributed by atoms with Crippen LogP contribution in [-0.2, 0) is 10.3 Å². The summed E-state index contributed by atoms with van der Waals surface area (Å²) in [6.45, 7) is 6.28. The zero-order valence-electron chi connectivity index (χ0n) is 15.5. The first-order valence-electron chi connectivity index (χ1n) is 8.64. The third kappa shape index (κ3) is 6.48. The van der Waals surface area contributed by atoms with Crippen LogP contribution in [0.15, 0.2) is 42.7 Å². The molecule has 1 aromatic carbocycles. The van der Waals surface area contributed by atoms with Crippen molar-refractivity contribution in [3.05, 3.63) is 58.9 Å². The van der Waals surface area contributed by atoms with E-state index in [1.807, 2.05) is 52.3 Å². The average molecular weight is 362 g/mol. The second-order valence-corrected chi connectivity index (χ2v) is 6.01. The molecule has 0 saturated heterocycles. The highest BCUT2D eigenvalue weighted by Crippen LogP contribution is 2.44. The lowest BCUT2D eigenvalue weighted by Gasteiger charge is -2.13. The van der Waals surface area contributed by atoms with Crippen molar-refractivity contribution in [1.29, 1.82) is 0 Å². The summed E-state index contributed by atoms with van der Waals surface area (Å²) < 4.78 is 0. The van der Waals surface area contributed by atoms with Crippen LogP contribution in [0.1, 0.15) is 37.8 Å². The Morgan fingerprint density at radius 1 is 1.20 bits per heavy atom. The fourth-order valence-electron chi connectivity index (χ4n) is 2.46. The maximum atomic E-state index is 10.1. The van der Waals surface area contributed by atoms with Crippen molar-refractivity contribution >= 4 is 23.6 Å². The molecule has 0 radical (unpaired) electrons. The molecule has 136 valence electrons. The minimum atomic E-state index is 0.295. The van der Waals surface area contributed by atoms with Crippen LogP contribution in [0.5, 0.6) is 0 Å². The largest absolute Gasteiger partial charge is 0.378 e. The van der Waals surface area contributed by atoms with Crippen LogP contribution in [0.3, 0.4) is 0 Å². The van der Waals surface area contributed by atoms with E-state index >= 15 is 0 Å². The summed E-state index contributed by atoms with van der Waals surface area (Å²) in [5.41, 5.74) is 3.66. The molecule has 1 aromatic heterocycles. The monoisotopic (exact) mass is 361 g/mol. The van der Waals surface area contributed by atoms with Gasteiger partial charge in [0.15, 0.2) is 0 Å². The Morgan fingerprint density at radius 3 is 2.32 bits per heavy atom. The van der Waals surface area contributed by atoms with Crippen molar-refractivity contribution < 1.29 is 4.79 Å². The summed E-state index contributed by atoms with van der Waals surface area (Å²) in [6.07, 6.45) is 7.05. The number of rotatable bonds is 5. The molecule has 0 bridgehead atoms. The summed E-state index contributed by atoms with van der Waals surface area (Å²) >= 11 is 5.75. The Kier molecular flexibility index (Phi) is 9.17. The molecule has 1 aliphatic carbocycles. The molecule has 2 aromatic rings. The number of benzene rings is 1. The molecule has 0 atom stereocenters. The van der Waals surface area contributed by atoms with Gasteiger partial charge in [0.1, 0.15) is 6.29 Å². The molecule has 0 aliphatic heterocycles. The van der Waals surface area contributed by atoms with Crippen LogP contribution < -0.4 is 10.6 Å². The second kappa shape index (κ2) is 10.9. The Morgan fingerprint density at radius 2 is 1.84 bits per heavy atom. The third-order valence-electron chi connectivity index (χ3n) is 4.03. The summed E-state index contributed by atoms with van der Waals surface area (Å²) in [5.74, 6) is 0. The second-order valence-electron chi connectivity index (χ2n) is 5.57. The SMILES string of the molecule is CC.CNC1(c2ccncc2)CC1.Cc1cc(Cl)ccc1NCC=O. The fourth-order valence-corrected chi connectivity index (χ4v) is 2.68. The van der Waals surface area contributed by atoms with E-state index in [1.165, 1.54) is 18.4 Å². The van der Waals surface area contributed by atoms with E-state index < -0.39 is 0 Å². The number of anilines is 1. The van der Waals surface area contributed by atoms with Gasteiger partial charge < -0.3 is 15.4 Å². The van der Waals surface area contributed by atoms with Crippen molar-refractivity contribution in [3.63, 3.8) is 0 Å². The maximum absolute atomic E-state index is 10.1. The standard InChI is InChI=1S/C9H10ClNO.C9H12N2.C2H6/c1-7-6-8(10)2-3-9(7)11-4-5-12;1-10-9(4-5-9)8-2-6-11-7-3-8;1-2/h2-3,5-6,11H,4H2,1H3;2-3,6-7,10H,4-5H2,1H3;1-2H3. The fraction of sp³-hybridized carbons (Fsp3) is 0.400. The minimum Gasteiger partial charge on any atom is -0.378 e. The number of halogens is 1. The van der Waals surface area contributed by atoms with Crippen LogP contribution in [0.25, 0.3) is 0 Å². The van der Waals surface area contributed by atoms with E-state index in [2.05, 4.69) is 27.8 Å². The van der Waals surface area contributed by atoms with Crippen molar-refractivity contribution in [2.75, 3.05) is 18.9 Å². The molecule has 2 N–H and O–H groups in total. The number of nitrogens with zero attached hydrogens (tertiary/aromatic N) is 1. The molecular formula is C20H28ClN3O. The summed E-state index contributed by atoms with van der Waals surface area (Å²) in [6, 6.07) is 9.69. The Balaban J connectivity index is 0.000000228. The summed E-state index contributed by atoms with van der Waals surface area (Å²) in [7, 11) is 2.02. The van der Waals surface area contributed by atoms with Gasteiger partial charge >= 0.3 is 0 Å². The Labute approximate surface area is 156 Å². The van der Waals surface area contributed by atoms with E-state index in [4.69, 9.17) is 11.6 Å². The van der Waals surface area contributed by atoms with E-state index in [-0.39, 0.29) is 0 Å². The molecule has 0 amide bonds. The molecule has 0 unspecified atom stereocenters. The Hall–Kier alpha value is -1.91. The highest BCUT2D eigenvalue weighted by molar-refractivity contribution is 6.30. The van der Waals surface area contributed by atoms with Gasteiger partial charge in [-0.25, -0.2) is 0 Å². The van der Waals surface area contributed by atoms with Gasteiger partial charge in [0, 0.05) is 28.6 Å². The van der Waals surface area contributed by atoms with Gasteiger partial charge in [0.05, 0.1) is 6.54 Å². The minimum absolute atomic E-state index is 0.295. The van der Waals surface area contributed by atoms with Gasteiger partial charge in [-0.05, 0) is 68.3 Å². The number of aryl methyl sites for hydroxylation is 1. The van der Waals surface area contributed by atoms with Crippen molar-refractivity contribution in [2.24, 2.45) is 0 Å². The van der Waals surface area contributed by atoms with Crippen LogP contribution in [0.4, 0.5) is 5.69 Å². The predicted molar refractivity (Wildman–Crippen MR) is 106 cm³/mol. The van der Waals surface area contributed by atoms with Crippen LogP contribution in [0, 0.1) is 6.92 Å². The van der Waals surface area contributed by atoms with Gasteiger partial charge in [0.25, 0.3) is 0 Å². The van der Waals surface area contributed by atoms with Crippen LogP contribution in [0.2, 0.25) is 5.02 Å². The van der Waals surface area contributed by atoms with Crippen LogP contribution >= 0.6 is 11.6 Å². The summed E-state index contributed by atoms with van der Waals surface area (Å²) in [5, 5.41) is 7.02. The van der Waals surface area contributed by atoms with Gasteiger partial charge in [-0.3, -0.25) is 4.98 Å². The molecule has 1 heterocycles. The highest BCUT2D eigenvalue weighted by Gasteiger charge is 2.42. The van der Waals surface area contributed by atoms with E-state index in [0.29, 0.717) is 17.1 Å². The molecule has 25 heavy (non-hydrogen) atoms. The normalized spacial score (nSPS) is 13.5. The lowest BCUT2D eigenvalue weighted by molar-refractivity contribution is -0.106. The lowest BCUT2D eigenvalue weighted by Crippen LogP contribution is -2.24. The number of hydrogen-bond donors (Lipinski definition) is 2. The zero-order valence-corrected chi connectivity index (χ0v) is 16.2.